The van der Waals surface area contributed by atoms with Gasteiger partial charge in [-0.1, -0.05) is 23.2 Å². The Morgan fingerprint density at radius 3 is 2.31 bits per heavy atom. The maximum atomic E-state index is 11.4. The molecule has 0 saturated heterocycles. The van der Waals surface area contributed by atoms with Crippen LogP contribution in [0.4, 0.5) is 0 Å². The summed E-state index contributed by atoms with van der Waals surface area (Å²) in [5, 5.41) is 8.37. The van der Waals surface area contributed by atoms with Crippen LogP contribution in [-0.2, 0) is 10.0 Å². The van der Waals surface area contributed by atoms with Crippen LogP contribution in [0, 0.1) is 0 Å². The minimum Gasteiger partial charge on any atom is -0.478 e. The van der Waals surface area contributed by atoms with Gasteiger partial charge in [-0.05, 0) is 12.1 Å². The molecule has 0 unspecified atom stereocenters. The standard InChI is InChI=1S/C7H6Cl2N2O4S/c8-4-2-5(9)6(16(14,15)11-10)1-3(4)7(12)13/h1-2,11H,10H2,(H,12,13). The molecule has 4 N–H and O–H groups in total. The summed E-state index contributed by atoms with van der Waals surface area (Å²) in [6.07, 6.45) is 0. The van der Waals surface area contributed by atoms with E-state index < -0.39 is 20.9 Å². The van der Waals surface area contributed by atoms with Gasteiger partial charge in [0, 0.05) is 0 Å². The molecule has 6 nitrogen and oxygen atoms in total. The van der Waals surface area contributed by atoms with Crippen LogP contribution < -0.4 is 10.7 Å². The molecule has 0 radical (unpaired) electrons. The average molecular weight is 285 g/mol. The van der Waals surface area contributed by atoms with Crippen LogP contribution in [0.5, 0.6) is 0 Å². The Bertz CT molecular complexity index is 544. The van der Waals surface area contributed by atoms with Gasteiger partial charge in [-0.2, -0.15) is 4.83 Å². The number of sulfonamides is 1. The van der Waals surface area contributed by atoms with E-state index >= 15 is 0 Å². The SMILES string of the molecule is NNS(=O)(=O)c1cc(C(=O)O)c(Cl)cc1Cl. The average Bonchev–Trinajstić information content (AvgIpc) is 2.16. The molecule has 0 aromatic heterocycles. The van der Waals surface area contributed by atoms with E-state index in [1.165, 1.54) is 4.83 Å². The van der Waals surface area contributed by atoms with E-state index in [2.05, 4.69) is 0 Å². The van der Waals surface area contributed by atoms with Crippen molar-refractivity contribution in [1.82, 2.24) is 4.83 Å². The van der Waals surface area contributed by atoms with Gasteiger partial charge in [0.25, 0.3) is 10.0 Å². The molecule has 1 rings (SSSR count). The lowest BCUT2D eigenvalue weighted by Gasteiger charge is -2.07. The number of hydrogen-bond donors (Lipinski definition) is 3. The van der Waals surface area contributed by atoms with Crippen molar-refractivity contribution in [3.8, 4) is 0 Å². The Balaban J connectivity index is 3.55. The van der Waals surface area contributed by atoms with E-state index in [0.29, 0.717) is 0 Å². The summed E-state index contributed by atoms with van der Waals surface area (Å²) < 4.78 is 22.7. The van der Waals surface area contributed by atoms with Gasteiger partial charge in [-0.15, -0.1) is 0 Å². The Labute approximate surface area is 101 Å². The van der Waals surface area contributed by atoms with Crippen molar-refractivity contribution in [3.05, 3.63) is 27.7 Å². The number of benzene rings is 1. The van der Waals surface area contributed by atoms with Crippen LogP contribution in [-0.4, -0.2) is 19.5 Å². The van der Waals surface area contributed by atoms with Crippen molar-refractivity contribution in [2.45, 2.75) is 4.90 Å². The van der Waals surface area contributed by atoms with Crippen molar-refractivity contribution in [1.29, 1.82) is 0 Å². The predicted octanol–water partition coefficient (Wildman–Crippen LogP) is 0.844. The lowest BCUT2D eigenvalue weighted by molar-refractivity contribution is 0.0697. The molecule has 9 heteroatoms. The van der Waals surface area contributed by atoms with Crippen LogP contribution >= 0.6 is 23.2 Å². The molecule has 16 heavy (non-hydrogen) atoms. The summed E-state index contributed by atoms with van der Waals surface area (Å²) in [7, 11) is -4.03. The first-order valence-corrected chi connectivity index (χ1v) is 5.98. The Morgan fingerprint density at radius 2 is 1.88 bits per heavy atom. The predicted molar refractivity (Wildman–Crippen MR) is 57.9 cm³/mol. The third kappa shape index (κ3) is 2.45. The van der Waals surface area contributed by atoms with Gasteiger partial charge >= 0.3 is 5.97 Å². The Morgan fingerprint density at radius 1 is 1.31 bits per heavy atom. The molecule has 1 aromatic rings. The van der Waals surface area contributed by atoms with Gasteiger partial charge in [0.15, 0.2) is 0 Å². The van der Waals surface area contributed by atoms with E-state index in [-0.39, 0.29) is 15.6 Å². The second-order valence-electron chi connectivity index (χ2n) is 2.69. The summed E-state index contributed by atoms with van der Waals surface area (Å²) >= 11 is 11.2. The summed E-state index contributed by atoms with van der Waals surface area (Å²) in [6.45, 7) is 0. The topological polar surface area (TPSA) is 109 Å². The molecular weight excluding hydrogens is 279 g/mol. The van der Waals surface area contributed by atoms with Gasteiger partial charge < -0.3 is 5.11 Å². The van der Waals surface area contributed by atoms with Crippen molar-refractivity contribution >= 4 is 39.2 Å². The molecule has 1 aromatic carbocycles. The van der Waals surface area contributed by atoms with Crippen molar-refractivity contribution in [3.63, 3.8) is 0 Å². The fourth-order valence-electron chi connectivity index (χ4n) is 0.962. The fourth-order valence-corrected chi connectivity index (χ4v) is 2.45. The van der Waals surface area contributed by atoms with Gasteiger partial charge in [0.2, 0.25) is 0 Å². The van der Waals surface area contributed by atoms with Crippen LogP contribution in [0.2, 0.25) is 10.0 Å². The number of nitrogens with one attached hydrogen (secondary N) is 1. The number of aromatic carboxylic acids is 1. The largest absolute Gasteiger partial charge is 0.478 e. The summed E-state index contributed by atoms with van der Waals surface area (Å²) in [6, 6.07) is 1.86. The normalized spacial score (nSPS) is 11.4. The minimum absolute atomic E-state index is 0.159. The quantitative estimate of drug-likeness (QED) is 0.563. The van der Waals surface area contributed by atoms with Crippen LogP contribution in [0.3, 0.4) is 0 Å². The zero-order valence-corrected chi connectivity index (χ0v) is 9.90. The first-order valence-electron chi connectivity index (χ1n) is 3.74. The third-order valence-electron chi connectivity index (χ3n) is 1.70. The van der Waals surface area contributed by atoms with Crippen molar-refractivity contribution in [2.24, 2.45) is 5.84 Å². The molecule has 0 aliphatic rings. The number of hydrogen-bond acceptors (Lipinski definition) is 4. The smallest absolute Gasteiger partial charge is 0.337 e. The highest BCUT2D eigenvalue weighted by Crippen LogP contribution is 2.28. The summed E-state index contributed by atoms with van der Waals surface area (Å²) in [5.41, 5.74) is -0.375. The maximum absolute atomic E-state index is 11.4. The number of nitrogens with two attached hydrogens (primary N) is 1. The summed E-state index contributed by atoms with van der Waals surface area (Å²) in [5.74, 6) is 3.43. The molecule has 0 aliphatic heterocycles. The monoisotopic (exact) mass is 284 g/mol. The maximum Gasteiger partial charge on any atom is 0.337 e. The molecule has 88 valence electrons. The highest BCUT2D eigenvalue weighted by Gasteiger charge is 2.21. The highest BCUT2D eigenvalue weighted by molar-refractivity contribution is 7.89. The number of carbonyl (C=O) groups is 1. The molecule has 0 atom stereocenters. The van der Waals surface area contributed by atoms with Crippen LogP contribution in [0.25, 0.3) is 0 Å². The van der Waals surface area contributed by atoms with E-state index in [1.807, 2.05) is 0 Å². The van der Waals surface area contributed by atoms with Crippen LogP contribution in [0.1, 0.15) is 10.4 Å². The molecule has 0 saturated carbocycles. The van der Waals surface area contributed by atoms with Gasteiger partial charge in [-0.25, -0.2) is 13.2 Å². The Kier molecular flexibility index (Phi) is 3.76. The lowest BCUT2D eigenvalue weighted by Crippen LogP contribution is -2.30. The first-order chi connectivity index (χ1) is 7.29. The van der Waals surface area contributed by atoms with Gasteiger partial charge in [0.1, 0.15) is 4.90 Å². The Hall–Kier alpha value is -0.860. The zero-order valence-electron chi connectivity index (χ0n) is 7.57. The zero-order chi connectivity index (χ0) is 12.5. The highest BCUT2D eigenvalue weighted by atomic mass is 35.5. The molecule has 0 amide bonds. The fraction of sp³-hybridized carbons (Fsp3) is 0. The molecule has 0 bridgehead atoms. The van der Waals surface area contributed by atoms with Crippen LogP contribution in [0.15, 0.2) is 17.0 Å². The third-order valence-corrected chi connectivity index (χ3v) is 3.66. The summed E-state index contributed by atoms with van der Waals surface area (Å²) in [4.78, 5) is 11.8. The number of halogens is 2. The molecule has 0 fully saturated rings. The van der Waals surface area contributed by atoms with Crippen molar-refractivity contribution in [2.75, 3.05) is 0 Å². The van der Waals surface area contributed by atoms with Gasteiger partial charge in [0.05, 0.1) is 15.6 Å². The minimum atomic E-state index is -4.03. The first kappa shape index (κ1) is 13.2. The van der Waals surface area contributed by atoms with E-state index in [9.17, 15) is 13.2 Å². The van der Waals surface area contributed by atoms with E-state index in [1.54, 1.807) is 0 Å². The second-order valence-corrected chi connectivity index (χ2v) is 5.19. The number of carboxylic acids is 1. The molecular formula is C7H6Cl2N2O4S. The van der Waals surface area contributed by atoms with Crippen molar-refractivity contribution < 1.29 is 18.3 Å². The van der Waals surface area contributed by atoms with E-state index in [0.717, 1.165) is 12.1 Å². The second kappa shape index (κ2) is 4.56. The molecule has 0 spiro atoms. The molecule has 0 aliphatic carbocycles. The number of rotatable bonds is 3. The lowest BCUT2D eigenvalue weighted by atomic mass is 10.2. The number of hydrazine groups is 1. The van der Waals surface area contributed by atoms with Gasteiger partial charge in [-0.3, -0.25) is 5.84 Å². The molecule has 0 heterocycles. The van der Waals surface area contributed by atoms with E-state index in [4.69, 9.17) is 34.2 Å². The number of carboxylic acid groups (broad SMARTS) is 1.